The van der Waals surface area contributed by atoms with Crippen molar-refractivity contribution in [3.05, 3.63) is 87.5 Å². The van der Waals surface area contributed by atoms with E-state index in [9.17, 15) is 32.4 Å². The number of thiophene rings is 1. The molecule has 9 rings (SSSR count). The number of carbonyl (C=O) groups excluding carboxylic acids is 4. The lowest BCUT2D eigenvalue weighted by Crippen LogP contribution is -2.58. The molecule has 1 saturated heterocycles. The Balaban J connectivity index is 1.08. The molecule has 4 unspecified atom stereocenters. The molecule has 2 aliphatic heterocycles. The van der Waals surface area contributed by atoms with Crippen LogP contribution in [0.2, 0.25) is 0 Å². The molecule has 0 spiro atoms. The van der Waals surface area contributed by atoms with E-state index in [2.05, 4.69) is 20.5 Å². The molecule has 2 aromatic carbocycles. The first-order chi connectivity index (χ1) is 27.0. The van der Waals surface area contributed by atoms with Crippen LogP contribution in [0.15, 0.2) is 81.5 Å². The first-order valence-electron chi connectivity index (χ1n) is 19.1. The van der Waals surface area contributed by atoms with Crippen molar-refractivity contribution in [2.75, 3.05) is 6.54 Å². The molecule has 4 aliphatic rings. The molecule has 3 fully saturated rings. The van der Waals surface area contributed by atoms with Gasteiger partial charge in [-0.2, -0.15) is 5.10 Å². The summed E-state index contributed by atoms with van der Waals surface area (Å²) in [6, 6.07) is 12.0. The Morgan fingerprint density at radius 1 is 0.982 bits per heavy atom. The number of rotatable bonds is 6. The molecule has 14 nitrogen and oxygen atoms in total. The van der Waals surface area contributed by atoms with Crippen LogP contribution in [0.1, 0.15) is 73.5 Å². The summed E-state index contributed by atoms with van der Waals surface area (Å²) in [5.74, 6) is -2.85. The van der Waals surface area contributed by atoms with E-state index in [1.165, 1.54) is 20.9 Å². The monoisotopic (exact) mass is 796 g/mol. The van der Waals surface area contributed by atoms with Gasteiger partial charge in [-0.25, -0.2) is 13.1 Å². The van der Waals surface area contributed by atoms with Gasteiger partial charge < -0.3 is 20.0 Å². The van der Waals surface area contributed by atoms with Gasteiger partial charge in [0.1, 0.15) is 23.2 Å². The van der Waals surface area contributed by atoms with Gasteiger partial charge in [0.05, 0.1) is 27.8 Å². The zero-order valence-corrected chi connectivity index (χ0v) is 31.9. The molecule has 3 aromatic heterocycles. The first-order valence-corrected chi connectivity index (χ1v) is 21.5. The number of fused-ring (bicyclic) bond motifs is 7. The summed E-state index contributed by atoms with van der Waals surface area (Å²) >= 11 is 1.24. The highest BCUT2D eigenvalue weighted by atomic mass is 32.2. The van der Waals surface area contributed by atoms with Crippen LogP contribution in [0.3, 0.4) is 0 Å². The predicted octanol–water partition coefficient (Wildman–Crippen LogP) is 4.30. The van der Waals surface area contributed by atoms with E-state index < -0.39 is 74.0 Å². The fourth-order valence-electron chi connectivity index (χ4n) is 8.30. The van der Waals surface area contributed by atoms with Crippen molar-refractivity contribution in [2.24, 2.45) is 5.92 Å². The Bertz CT molecular complexity index is 2610. The molecule has 0 bridgehead atoms. The Hall–Kier alpha value is -5.35. The molecule has 5 heterocycles. The summed E-state index contributed by atoms with van der Waals surface area (Å²) in [4.78, 5) is 72.2. The van der Waals surface area contributed by atoms with Gasteiger partial charge in [-0.05, 0) is 66.8 Å². The minimum absolute atomic E-state index is 0.0384. The maximum atomic E-state index is 14.6. The summed E-state index contributed by atoms with van der Waals surface area (Å²) < 4.78 is 35.3. The van der Waals surface area contributed by atoms with Crippen LogP contribution in [0.4, 0.5) is 0 Å². The average Bonchev–Trinajstić information content (AvgIpc) is 3.96. The van der Waals surface area contributed by atoms with E-state index >= 15 is 0 Å². The number of allylic oxidation sites excluding steroid dienone is 1. The lowest BCUT2D eigenvalue weighted by molar-refractivity contribution is -0.141. The summed E-state index contributed by atoms with van der Waals surface area (Å²) in [6.45, 7) is -0.0948. The lowest BCUT2D eigenvalue weighted by Gasteiger charge is -2.30. The molecule has 5 atom stereocenters. The summed E-state index contributed by atoms with van der Waals surface area (Å²) in [5.41, 5.74) is -1.46. The standard InChI is InChI=1S/C40H40N6O8S2/c47-35-30-19-25(46-38(50)34-28(21-41-46)33-27-11-7-6-9-23(27)14-17-31(33)54-34)22-45(30)37(49)29(42-36(48)32-13-8-18-55-32)12-5-3-1-2-4-10-24-20-40(24,43-35)39(51)44-56(52,53)26-15-16-26/h4,6-11,13-14,17-18,21,24-26,29-30H,1-3,5,12,15-16,19-20,22H2,(H,42,48)(H,43,47)(H,44,51)/b10-4-/t24?,25?,29?,30-,40?/m0/s1. The van der Waals surface area contributed by atoms with Gasteiger partial charge in [-0.1, -0.05) is 61.4 Å². The van der Waals surface area contributed by atoms with Gasteiger partial charge in [-0.3, -0.25) is 28.7 Å². The highest BCUT2D eigenvalue weighted by molar-refractivity contribution is 7.91. The second-order valence-electron chi connectivity index (χ2n) is 15.3. The molecule has 2 aliphatic carbocycles. The third kappa shape index (κ3) is 6.47. The highest BCUT2D eigenvalue weighted by Gasteiger charge is 2.62. The molecule has 16 heteroatoms. The first kappa shape index (κ1) is 36.3. The van der Waals surface area contributed by atoms with E-state index in [0.29, 0.717) is 48.0 Å². The Morgan fingerprint density at radius 3 is 2.62 bits per heavy atom. The topological polar surface area (TPSA) is 190 Å². The molecular weight excluding hydrogens is 757 g/mol. The number of carbonyl (C=O) groups is 4. The number of amides is 4. The molecule has 290 valence electrons. The van der Waals surface area contributed by atoms with Crippen molar-refractivity contribution >= 4 is 77.7 Å². The van der Waals surface area contributed by atoms with Crippen LogP contribution in [-0.2, 0) is 24.4 Å². The molecule has 3 N–H and O–H groups in total. The fraction of sp³-hybridized carbons (Fsp3) is 0.400. The number of hydrogen-bond acceptors (Lipinski definition) is 10. The Kier molecular flexibility index (Phi) is 9.07. The Morgan fingerprint density at radius 2 is 1.82 bits per heavy atom. The van der Waals surface area contributed by atoms with Crippen LogP contribution in [-0.4, -0.2) is 76.1 Å². The van der Waals surface area contributed by atoms with Crippen molar-refractivity contribution in [1.82, 2.24) is 30.0 Å². The second-order valence-corrected chi connectivity index (χ2v) is 18.2. The second kappa shape index (κ2) is 14.0. The highest BCUT2D eigenvalue weighted by Crippen LogP contribution is 2.46. The van der Waals surface area contributed by atoms with Gasteiger partial charge in [0.15, 0.2) is 0 Å². The van der Waals surface area contributed by atoms with Crippen molar-refractivity contribution in [1.29, 1.82) is 0 Å². The molecular formula is C40H40N6O8S2. The lowest BCUT2D eigenvalue weighted by atomic mass is 10.0. The minimum atomic E-state index is -3.92. The zero-order chi connectivity index (χ0) is 38.8. The smallest absolute Gasteiger partial charge is 0.310 e. The van der Waals surface area contributed by atoms with Gasteiger partial charge in [-0.15, -0.1) is 11.3 Å². The molecule has 0 radical (unpaired) electrons. The van der Waals surface area contributed by atoms with Crippen LogP contribution in [0, 0.1) is 5.92 Å². The number of benzene rings is 2. The quantitative estimate of drug-likeness (QED) is 0.211. The van der Waals surface area contributed by atoms with Gasteiger partial charge >= 0.3 is 5.56 Å². The minimum Gasteiger partial charge on any atom is -0.450 e. The maximum absolute atomic E-state index is 14.6. The van der Waals surface area contributed by atoms with Gasteiger partial charge in [0, 0.05) is 24.3 Å². The molecule has 5 aromatic rings. The normalized spacial score (nSPS) is 26.5. The van der Waals surface area contributed by atoms with Gasteiger partial charge in [0.2, 0.25) is 27.4 Å². The summed E-state index contributed by atoms with van der Waals surface area (Å²) in [6.07, 6.45) is 9.59. The van der Waals surface area contributed by atoms with Crippen molar-refractivity contribution in [2.45, 2.75) is 86.7 Å². The van der Waals surface area contributed by atoms with Crippen LogP contribution < -0.4 is 20.9 Å². The molecule has 4 amide bonds. The van der Waals surface area contributed by atoms with Crippen LogP contribution in [0.5, 0.6) is 0 Å². The summed E-state index contributed by atoms with van der Waals surface area (Å²) in [7, 11) is -3.92. The van der Waals surface area contributed by atoms with E-state index in [1.807, 2.05) is 48.6 Å². The van der Waals surface area contributed by atoms with Crippen LogP contribution in [0.25, 0.3) is 32.7 Å². The fourth-order valence-corrected chi connectivity index (χ4v) is 10.3. The average molecular weight is 797 g/mol. The number of nitrogens with one attached hydrogen (secondary N) is 3. The number of furan rings is 1. The number of aromatic nitrogens is 2. The van der Waals surface area contributed by atoms with Crippen molar-refractivity contribution in [3.8, 4) is 0 Å². The SMILES string of the molecule is O=C(NC1CCCCC/C=C\C2CC2(C(=O)NS(=O)(=O)C2CC2)NC(=O)[C@@H]2CC(n3ncc4c(oc5ccc6ccccc6c54)c3=O)CN2C1=O)c1cccs1. The van der Waals surface area contributed by atoms with E-state index in [4.69, 9.17) is 4.42 Å². The van der Waals surface area contributed by atoms with Crippen LogP contribution >= 0.6 is 11.3 Å². The molecule has 56 heavy (non-hydrogen) atoms. The number of nitrogens with zero attached hydrogens (tertiary/aromatic N) is 3. The van der Waals surface area contributed by atoms with E-state index in [0.717, 1.165) is 29.0 Å². The largest absolute Gasteiger partial charge is 0.450 e. The maximum Gasteiger partial charge on any atom is 0.310 e. The van der Waals surface area contributed by atoms with E-state index in [1.54, 1.807) is 23.7 Å². The van der Waals surface area contributed by atoms with Crippen molar-refractivity contribution < 1.29 is 32.0 Å². The number of sulfonamides is 1. The van der Waals surface area contributed by atoms with Gasteiger partial charge in [0.25, 0.3) is 11.8 Å². The zero-order valence-electron chi connectivity index (χ0n) is 30.3. The van der Waals surface area contributed by atoms with Crippen molar-refractivity contribution in [3.63, 3.8) is 0 Å². The Labute approximate surface area is 325 Å². The molecule has 2 saturated carbocycles. The predicted molar refractivity (Wildman–Crippen MR) is 209 cm³/mol. The summed E-state index contributed by atoms with van der Waals surface area (Å²) in [5, 5.41) is 14.6. The number of hydrogen-bond donors (Lipinski definition) is 3. The third-order valence-corrected chi connectivity index (χ3v) is 14.3. The third-order valence-electron chi connectivity index (χ3n) is 11.6. The van der Waals surface area contributed by atoms with E-state index in [-0.39, 0.29) is 25.0 Å².